The molecule has 1 amide bonds. The molecule has 0 aliphatic carbocycles. The molecule has 0 bridgehead atoms. The van der Waals surface area contributed by atoms with Gasteiger partial charge in [-0.1, -0.05) is 17.7 Å². The molecule has 1 aliphatic rings. The van der Waals surface area contributed by atoms with Gasteiger partial charge in [-0.25, -0.2) is 4.39 Å². The average molecular weight is 406 g/mol. The molecule has 0 spiro atoms. The Morgan fingerprint density at radius 1 is 1.11 bits per heavy atom. The fraction of sp³-hybridized carbons (Fsp3) is 0.381. The number of rotatable bonds is 7. The van der Waals surface area contributed by atoms with E-state index in [0.717, 1.165) is 49.7 Å². The highest BCUT2D eigenvalue weighted by Crippen LogP contribution is 2.18. The monoisotopic (exact) mass is 405 g/mol. The molecule has 1 saturated heterocycles. The highest BCUT2D eigenvalue weighted by molar-refractivity contribution is 6.30. The molecule has 150 valence electrons. The number of piperazine rings is 1. The van der Waals surface area contributed by atoms with Crippen LogP contribution in [0, 0.1) is 5.82 Å². The van der Waals surface area contributed by atoms with Crippen LogP contribution in [-0.4, -0.2) is 55.0 Å². The van der Waals surface area contributed by atoms with Crippen molar-refractivity contribution < 1.29 is 13.9 Å². The Balaban J connectivity index is 1.42. The number of nitrogens with zero attached hydrogens (tertiary/aromatic N) is 2. The number of anilines is 1. The van der Waals surface area contributed by atoms with Crippen LogP contribution in [0.4, 0.5) is 10.1 Å². The van der Waals surface area contributed by atoms with Gasteiger partial charge in [0, 0.05) is 38.4 Å². The van der Waals surface area contributed by atoms with Crippen LogP contribution >= 0.6 is 11.6 Å². The van der Waals surface area contributed by atoms with Crippen LogP contribution in [0.15, 0.2) is 42.5 Å². The van der Waals surface area contributed by atoms with E-state index in [1.54, 1.807) is 12.1 Å². The minimum absolute atomic E-state index is 0.0251. The van der Waals surface area contributed by atoms with Gasteiger partial charge in [0.15, 0.2) is 0 Å². The zero-order chi connectivity index (χ0) is 19.9. The maximum atomic E-state index is 13.3. The number of hydrogen-bond acceptors (Lipinski definition) is 4. The number of benzene rings is 2. The highest BCUT2D eigenvalue weighted by atomic mass is 35.5. The first kappa shape index (κ1) is 20.6. The van der Waals surface area contributed by atoms with Gasteiger partial charge in [-0.3, -0.25) is 14.6 Å². The van der Waals surface area contributed by atoms with Gasteiger partial charge in [-0.05, 0) is 48.9 Å². The lowest BCUT2D eigenvalue weighted by Gasteiger charge is -2.34. The van der Waals surface area contributed by atoms with Crippen molar-refractivity contribution in [1.29, 1.82) is 0 Å². The van der Waals surface area contributed by atoms with Crippen molar-refractivity contribution in [2.75, 3.05) is 44.6 Å². The second kappa shape index (κ2) is 9.87. The molecule has 7 heteroatoms. The summed E-state index contributed by atoms with van der Waals surface area (Å²) in [5.74, 6) is 0.371. The predicted octanol–water partition coefficient (Wildman–Crippen LogP) is 3.63. The number of ether oxygens (including phenoxy) is 1. The van der Waals surface area contributed by atoms with Crippen LogP contribution in [0.5, 0.6) is 5.75 Å². The van der Waals surface area contributed by atoms with Crippen LogP contribution in [0.25, 0.3) is 0 Å². The quantitative estimate of drug-likeness (QED) is 0.764. The Labute approximate surface area is 170 Å². The normalized spacial score (nSPS) is 15.4. The smallest absolute Gasteiger partial charge is 0.238 e. The number of carbonyl (C=O) groups excluding carboxylic acids is 1. The van der Waals surface area contributed by atoms with E-state index in [0.29, 0.717) is 13.2 Å². The molecule has 0 saturated carbocycles. The standard InChI is InChI=1S/C21H25ClFN3O2/c1-2-28-18-6-4-17(5-7-18)24-21(27)15-26-11-9-25(10-12-26)14-16-3-8-20(23)19(22)13-16/h3-8,13H,2,9-12,14-15H2,1H3,(H,24,27). The number of hydrogen-bond donors (Lipinski definition) is 1. The summed E-state index contributed by atoms with van der Waals surface area (Å²) in [6.07, 6.45) is 0. The Morgan fingerprint density at radius 3 is 2.43 bits per heavy atom. The van der Waals surface area contributed by atoms with Crippen LogP contribution in [0.1, 0.15) is 12.5 Å². The molecule has 2 aromatic carbocycles. The highest BCUT2D eigenvalue weighted by Gasteiger charge is 2.19. The second-order valence-electron chi connectivity index (χ2n) is 6.81. The van der Waals surface area contributed by atoms with Crippen molar-refractivity contribution in [3.8, 4) is 5.75 Å². The lowest BCUT2D eigenvalue weighted by molar-refractivity contribution is -0.117. The van der Waals surface area contributed by atoms with Crippen LogP contribution in [0.3, 0.4) is 0 Å². The fourth-order valence-electron chi connectivity index (χ4n) is 3.21. The molecular formula is C21H25ClFN3O2. The summed E-state index contributed by atoms with van der Waals surface area (Å²) in [5, 5.41) is 3.08. The summed E-state index contributed by atoms with van der Waals surface area (Å²) < 4.78 is 18.7. The van der Waals surface area contributed by atoms with E-state index in [1.807, 2.05) is 31.2 Å². The molecule has 28 heavy (non-hydrogen) atoms. The third-order valence-electron chi connectivity index (χ3n) is 4.67. The first-order valence-corrected chi connectivity index (χ1v) is 9.82. The van der Waals surface area contributed by atoms with Crippen LogP contribution in [-0.2, 0) is 11.3 Å². The maximum absolute atomic E-state index is 13.3. The van der Waals surface area contributed by atoms with Crippen molar-refractivity contribution >= 4 is 23.2 Å². The molecule has 0 atom stereocenters. The number of carbonyl (C=O) groups is 1. The lowest BCUT2D eigenvalue weighted by Crippen LogP contribution is -2.48. The topological polar surface area (TPSA) is 44.8 Å². The first-order chi connectivity index (χ1) is 13.5. The molecule has 1 fully saturated rings. The summed E-state index contributed by atoms with van der Waals surface area (Å²) >= 11 is 5.85. The fourth-order valence-corrected chi connectivity index (χ4v) is 3.41. The van der Waals surface area contributed by atoms with E-state index in [2.05, 4.69) is 15.1 Å². The molecule has 0 unspecified atom stereocenters. The van der Waals surface area contributed by atoms with Gasteiger partial charge in [0.05, 0.1) is 18.2 Å². The van der Waals surface area contributed by atoms with E-state index in [9.17, 15) is 9.18 Å². The van der Waals surface area contributed by atoms with Crippen LogP contribution in [0.2, 0.25) is 5.02 Å². The van der Waals surface area contributed by atoms with E-state index in [1.165, 1.54) is 6.07 Å². The minimum Gasteiger partial charge on any atom is -0.494 e. The maximum Gasteiger partial charge on any atom is 0.238 e. The van der Waals surface area contributed by atoms with Crippen molar-refractivity contribution in [1.82, 2.24) is 9.80 Å². The third-order valence-corrected chi connectivity index (χ3v) is 4.96. The van der Waals surface area contributed by atoms with E-state index >= 15 is 0 Å². The third kappa shape index (κ3) is 5.92. The van der Waals surface area contributed by atoms with Gasteiger partial charge in [-0.2, -0.15) is 0 Å². The van der Waals surface area contributed by atoms with E-state index in [-0.39, 0.29) is 10.9 Å². The average Bonchev–Trinajstić information content (AvgIpc) is 2.68. The van der Waals surface area contributed by atoms with Crippen LogP contribution < -0.4 is 10.1 Å². The van der Waals surface area contributed by atoms with Gasteiger partial charge >= 0.3 is 0 Å². The Kier molecular flexibility index (Phi) is 7.25. The molecule has 1 heterocycles. The largest absolute Gasteiger partial charge is 0.494 e. The van der Waals surface area contributed by atoms with E-state index < -0.39 is 5.82 Å². The summed E-state index contributed by atoms with van der Waals surface area (Å²) in [6, 6.07) is 12.2. The number of amides is 1. The van der Waals surface area contributed by atoms with Crippen molar-refractivity contribution in [2.24, 2.45) is 0 Å². The Bertz CT molecular complexity index is 793. The van der Waals surface area contributed by atoms with Crippen molar-refractivity contribution in [2.45, 2.75) is 13.5 Å². The van der Waals surface area contributed by atoms with Gasteiger partial charge < -0.3 is 10.1 Å². The molecule has 5 nitrogen and oxygen atoms in total. The Morgan fingerprint density at radius 2 is 1.79 bits per heavy atom. The number of halogens is 2. The molecule has 1 N–H and O–H groups in total. The SMILES string of the molecule is CCOc1ccc(NC(=O)CN2CCN(Cc3ccc(F)c(Cl)c3)CC2)cc1. The summed E-state index contributed by atoms with van der Waals surface area (Å²) in [7, 11) is 0. The molecular weight excluding hydrogens is 381 g/mol. The van der Waals surface area contributed by atoms with Gasteiger partial charge in [0.2, 0.25) is 5.91 Å². The van der Waals surface area contributed by atoms with Crippen molar-refractivity contribution in [3.05, 3.63) is 58.9 Å². The molecule has 0 radical (unpaired) electrons. The van der Waals surface area contributed by atoms with E-state index in [4.69, 9.17) is 16.3 Å². The van der Waals surface area contributed by atoms with Gasteiger partial charge in [0.1, 0.15) is 11.6 Å². The Hall–Kier alpha value is -2.15. The molecule has 1 aliphatic heterocycles. The van der Waals surface area contributed by atoms with Crippen molar-refractivity contribution in [3.63, 3.8) is 0 Å². The molecule has 2 aromatic rings. The zero-order valence-electron chi connectivity index (χ0n) is 16.0. The minimum atomic E-state index is -0.395. The molecule has 3 rings (SSSR count). The second-order valence-corrected chi connectivity index (χ2v) is 7.21. The summed E-state index contributed by atoms with van der Waals surface area (Å²) in [4.78, 5) is 16.7. The first-order valence-electron chi connectivity index (χ1n) is 9.45. The van der Waals surface area contributed by atoms with Gasteiger partial charge in [-0.15, -0.1) is 0 Å². The summed E-state index contributed by atoms with van der Waals surface area (Å²) in [5.41, 5.74) is 1.76. The predicted molar refractivity (Wildman–Crippen MR) is 109 cm³/mol. The molecule has 0 aromatic heterocycles. The lowest BCUT2D eigenvalue weighted by atomic mass is 10.2. The summed E-state index contributed by atoms with van der Waals surface area (Å²) in [6.45, 7) is 6.97. The number of nitrogens with one attached hydrogen (secondary N) is 1. The zero-order valence-corrected chi connectivity index (χ0v) is 16.7. The van der Waals surface area contributed by atoms with Gasteiger partial charge in [0.25, 0.3) is 0 Å².